The highest BCUT2D eigenvalue weighted by molar-refractivity contribution is 8.00. The van der Waals surface area contributed by atoms with E-state index in [0.29, 0.717) is 0 Å². The molecule has 0 aliphatic carbocycles. The first kappa shape index (κ1) is 16.3. The average Bonchev–Trinajstić information content (AvgIpc) is 2.51. The molecule has 2 aromatic carbocycles. The van der Waals surface area contributed by atoms with Crippen LogP contribution >= 0.6 is 11.8 Å². The van der Waals surface area contributed by atoms with Gasteiger partial charge in [0.2, 0.25) is 5.91 Å². The lowest BCUT2D eigenvalue weighted by molar-refractivity contribution is -0.115. The number of methoxy groups -OCH3 is 1. The molecule has 116 valence electrons. The predicted octanol–water partition coefficient (Wildman–Crippen LogP) is 4.09. The Labute approximate surface area is 131 Å². The van der Waals surface area contributed by atoms with Crippen LogP contribution in [-0.2, 0) is 4.79 Å². The van der Waals surface area contributed by atoms with Crippen LogP contribution in [0, 0.1) is 11.6 Å². The van der Waals surface area contributed by atoms with Crippen LogP contribution in [0.15, 0.2) is 47.4 Å². The maximum absolute atomic E-state index is 13.5. The number of hydrogen-bond acceptors (Lipinski definition) is 3. The molecule has 0 aliphatic heterocycles. The van der Waals surface area contributed by atoms with Crippen molar-refractivity contribution < 1.29 is 18.3 Å². The van der Waals surface area contributed by atoms with Gasteiger partial charge < -0.3 is 10.1 Å². The van der Waals surface area contributed by atoms with E-state index in [1.165, 1.54) is 11.8 Å². The summed E-state index contributed by atoms with van der Waals surface area (Å²) in [4.78, 5) is 12.9. The predicted molar refractivity (Wildman–Crippen MR) is 83.3 cm³/mol. The minimum Gasteiger partial charge on any atom is -0.497 e. The number of hydrogen-bond donors (Lipinski definition) is 1. The summed E-state index contributed by atoms with van der Waals surface area (Å²) in [6.07, 6.45) is 0. The first-order valence-corrected chi connectivity index (χ1v) is 7.44. The minimum atomic E-state index is -0.670. The summed E-state index contributed by atoms with van der Waals surface area (Å²) in [5.74, 6) is -0.947. The SMILES string of the molecule is COc1ccc(SC(C)C(=O)Nc2cc(F)ccc2F)cc1. The third-order valence-corrected chi connectivity index (χ3v) is 4.04. The summed E-state index contributed by atoms with van der Waals surface area (Å²) < 4.78 is 31.6. The number of rotatable bonds is 5. The van der Waals surface area contributed by atoms with E-state index in [9.17, 15) is 13.6 Å². The Morgan fingerprint density at radius 1 is 1.18 bits per heavy atom. The molecule has 1 atom stereocenters. The lowest BCUT2D eigenvalue weighted by atomic mass is 10.3. The summed E-state index contributed by atoms with van der Waals surface area (Å²) >= 11 is 1.32. The summed E-state index contributed by atoms with van der Waals surface area (Å²) in [5.41, 5.74) is -0.160. The number of carbonyl (C=O) groups is 1. The molecule has 0 aromatic heterocycles. The van der Waals surface area contributed by atoms with Crippen LogP contribution in [0.1, 0.15) is 6.92 Å². The van der Waals surface area contributed by atoms with Gasteiger partial charge in [-0.3, -0.25) is 4.79 Å². The highest BCUT2D eigenvalue weighted by Gasteiger charge is 2.16. The number of nitrogens with one attached hydrogen (secondary N) is 1. The van der Waals surface area contributed by atoms with Gasteiger partial charge in [0.1, 0.15) is 17.4 Å². The number of anilines is 1. The minimum absolute atomic E-state index is 0.160. The smallest absolute Gasteiger partial charge is 0.237 e. The number of ether oxygens (including phenoxy) is 1. The average molecular weight is 323 g/mol. The van der Waals surface area contributed by atoms with E-state index >= 15 is 0 Å². The topological polar surface area (TPSA) is 38.3 Å². The van der Waals surface area contributed by atoms with Crippen LogP contribution in [0.5, 0.6) is 5.75 Å². The van der Waals surface area contributed by atoms with Gasteiger partial charge in [0, 0.05) is 11.0 Å². The van der Waals surface area contributed by atoms with Crippen molar-refractivity contribution >= 4 is 23.4 Å². The fourth-order valence-electron chi connectivity index (χ4n) is 1.74. The van der Waals surface area contributed by atoms with Gasteiger partial charge in [-0.2, -0.15) is 0 Å². The van der Waals surface area contributed by atoms with Crippen LogP contribution in [0.4, 0.5) is 14.5 Å². The van der Waals surface area contributed by atoms with E-state index in [0.717, 1.165) is 28.8 Å². The Kier molecular flexibility index (Phi) is 5.38. The van der Waals surface area contributed by atoms with Crippen molar-refractivity contribution in [1.82, 2.24) is 0 Å². The first-order chi connectivity index (χ1) is 10.5. The lowest BCUT2D eigenvalue weighted by Gasteiger charge is -2.13. The van der Waals surface area contributed by atoms with Crippen molar-refractivity contribution in [2.45, 2.75) is 17.1 Å². The zero-order chi connectivity index (χ0) is 16.1. The molecule has 0 saturated carbocycles. The van der Waals surface area contributed by atoms with Gasteiger partial charge in [0.15, 0.2) is 0 Å². The van der Waals surface area contributed by atoms with Crippen LogP contribution in [0.2, 0.25) is 0 Å². The summed E-state index contributed by atoms with van der Waals surface area (Å²) in [6, 6.07) is 10.2. The second kappa shape index (κ2) is 7.26. The van der Waals surface area contributed by atoms with E-state index in [-0.39, 0.29) is 5.69 Å². The molecule has 0 heterocycles. The monoisotopic (exact) mass is 323 g/mol. The first-order valence-electron chi connectivity index (χ1n) is 6.56. The lowest BCUT2D eigenvalue weighted by Crippen LogP contribution is -2.23. The zero-order valence-electron chi connectivity index (χ0n) is 12.1. The molecule has 1 unspecified atom stereocenters. The van der Waals surface area contributed by atoms with E-state index < -0.39 is 22.8 Å². The van der Waals surface area contributed by atoms with E-state index in [4.69, 9.17) is 4.74 Å². The fraction of sp³-hybridized carbons (Fsp3) is 0.188. The number of benzene rings is 2. The summed E-state index contributed by atoms with van der Waals surface area (Å²) in [7, 11) is 1.58. The highest BCUT2D eigenvalue weighted by atomic mass is 32.2. The van der Waals surface area contributed by atoms with Gasteiger partial charge in [-0.25, -0.2) is 8.78 Å². The van der Waals surface area contributed by atoms with Gasteiger partial charge in [-0.15, -0.1) is 11.8 Å². The third-order valence-electron chi connectivity index (χ3n) is 2.93. The zero-order valence-corrected chi connectivity index (χ0v) is 12.9. The second-order valence-electron chi connectivity index (χ2n) is 4.55. The van der Waals surface area contributed by atoms with E-state index in [2.05, 4.69) is 5.32 Å². The van der Waals surface area contributed by atoms with Crippen molar-refractivity contribution in [2.24, 2.45) is 0 Å². The molecule has 6 heteroatoms. The van der Waals surface area contributed by atoms with Gasteiger partial charge in [0.25, 0.3) is 0 Å². The number of carbonyl (C=O) groups excluding carboxylic acids is 1. The highest BCUT2D eigenvalue weighted by Crippen LogP contribution is 2.26. The number of halogens is 2. The fourth-order valence-corrected chi connectivity index (χ4v) is 2.61. The van der Waals surface area contributed by atoms with Gasteiger partial charge in [0.05, 0.1) is 18.0 Å². The molecule has 0 spiro atoms. The standard InChI is InChI=1S/C16H15F2NO2S/c1-10(22-13-6-4-12(21-2)5-7-13)16(20)19-15-9-11(17)3-8-14(15)18/h3-10H,1-2H3,(H,19,20). The number of thioether (sulfide) groups is 1. The molecule has 3 nitrogen and oxygen atoms in total. The maximum Gasteiger partial charge on any atom is 0.237 e. The summed E-state index contributed by atoms with van der Waals surface area (Å²) in [5, 5.41) is 1.93. The molecule has 0 saturated heterocycles. The molecule has 2 aromatic rings. The molecule has 1 amide bonds. The number of amides is 1. The largest absolute Gasteiger partial charge is 0.497 e. The van der Waals surface area contributed by atoms with Gasteiger partial charge >= 0.3 is 0 Å². The van der Waals surface area contributed by atoms with Crippen LogP contribution in [-0.4, -0.2) is 18.3 Å². The molecule has 2 rings (SSSR count). The molecular formula is C16H15F2NO2S. The van der Waals surface area contributed by atoms with Gasteiger partial charge in [-0.1, -0.05) is 0 Å². The normalized spacial score (nSPS) is 11.8. The van der Waals surface area contributed by atoms with Crippen LogP contribution in [0.25, 0.3) is 0 Å². The quantitative estimate of drug-likeness (QED) is 0.842. The molecule has 0 fully saturated rings. The molecular weight excluding hydrogens is 308 g/mol. The Morgan fingerprint density at radius 3 is 2.50 bits per heavy atom. The van der Waals surface area contributed by atoms with Crippen molar-refractivity contribution in [2.75, 3.05) is 12.4 Å². The Bertz CT molecular complexity index is 662. The molecule has 1 N–H and O–H groups in total. The molecule has 0 aliphatic rings. The van der Waals surface area contributed by atoms with Crippen molar-refractivity contribution in [3.63, 3.8) is 0 Å². The van der Waals surface area contributed by atoms with Crippen molar-refractivity contribution in [3.05, 3.63) is 54.1 Å². The van der Waals surface area contributed by atoms with Gasteiger partial charge in [-0.05, 0) is 43.3 Å². The Morgan fingerprint density at radius 2 is 1.86 bits per heavy atom. The Balaban J connectivity index is 2.00. The Hall–Kier alpha value is -2.08. The molecule has 22 heavy (non-hydrogen) atoms. The van der Waals surface area contributed by atoms with E-state index in [1.807, 2.05) is 12.1 Å². The van der Waals surface area contributed by atoms with Crippen molar-refractivity contribution in [3.8, 4) is 5.75 Å². The van der Waals surface area contributed by atoms with Crippen LogP contribution < -0.4 is 10.1 Å². The maximum atomic E-state index is 13.5. The van der Waals surface area contributed by atoms with Crippen LogP contribution in [0.3, 0.4) is 0 Å². The van der Waals surface area contributed by atoms with E-state index in [1.54, 1.807) is 26.2 Å². The third kappa shape index (κ3) is 4.21. The molecule has 0 bridgehead atoms. The molecule has 0 radical (unpaired) electrons. The summed E-state index contributed by atoms with van der Waals surface area (Å²) in [6.45, 7) is 1.70. The second-order valence-corrected chi connectivity index (χ2v) is 5.96. The van der Waals surface area contributed by atoms with Crippen molar-refractivity contribution in [1.29, 1.82) is 0 Å².